The van der Waals surface area contributed by atoms with E-state index in [0.717, 1.165) is 12.7 Å². The maximum absolute atomic E-state index is 13.1. The van der Waals surface area contributed by atoms with Gasteiger partial charge in [0.15, 0.2) is 6.04 Å². The second-order valence-electron chi connectivity index (χ2n) is 7.64. The molecule has 0 saturated heterocycles. The summed E-state index contributed by atoms with van der Waals surface area (Å²) in [6.45, 7) is 0.591. The molecule has 0 aliphatic rings. The van der Waals surface area contributed by atoms with Gasteiger partial charge in [0.1, 0.15) is 17.8 Å². The average Bonchev–Trinajstić information content (AvgIpc) is 2.82. The molecule has 3 atom stereocenters. The van der Waals surface area contributed by atoms with Gasteiger partial charge in [0.25, 0.3) is 0 Å². The summed E-state index contributed by atoms with van der Waals surface area (Å²) in [4.78, 5) is 49.6. The van der Waals surface area contributed by atoms with Gasteiger partial charge in [-0.3, -0.25) is 14.4 Å². The Morgan fingerprint density at radius 2 is 1.29 bits per heavy atom. The van der Waals surface area contributed by atoms with Crippen molar-refractivity contribution in [1.82, 2.24) is 16.0 Å². The van der Waals surface area contributed by atoms with E-state index in [1.54, 1.807) is 42.5 Å². The molecule has 0 fully saturated rings. The first-order valence-electron chi connectivity index (χ1n) is 10.6. The van der Waals surface area contributed by atoms with E-state index in [0.29, 0.717) is 5.56 Å². The lowest BCUT2D eigenvalue weighted by Crippen LogP contribution is -2.57. The fourth-order valence-corrected chi connectivity index (χ4v) is 3.25. The van der Waals surface area contributed by atoms with Crippen molar-refractivity contribution in [3.8, 4) is 5.75 Å². The Labute approximate surface area is 197 Å². The van der Waals surface area contributed by atoms with Crippen molar-refractivity contribution in [2.24, 2.45) is 0 Å². The summed E-state index contributed by atoms with van der Waals surface area (Å²) in [7, 11) is 1.13. The number of esters is 1. The fourth-order valence-electron chi connectivity index (χ4n) is 3.25. The topological polar surface area (TPSA) is 154 Å². The van der Waals surface area contributed by atoms with E-state index >= 15 is 0 Å². The van der Waals surface area contributed by atoms with Gasteiger partial charge in [-0.2, -0.15) is 0 Å². The van der Waals surface area contributed by atoms with Gasteiger partial charge >= 0.3 is 5.97 Å². The number of methoxy groups -OCH3 is 1. The van der Waals surface area contributed by atoms with E-state index in [-0.39, 0.29) is 18.6 Å². The third kappa shape index (κ3) is 8.21. The van der Waals surface area contributed by atoms with Crippen LogP contribution < -0.4 is 16.0 Å². The second-order valence-corrected chi connectivity index (χ2v) is 7.64. The number of carbonyl (C=O) groups excluding carboxylic acids is 4. The number of benzene rings is 2. The van der Waals surface area contributed by atoms with Crippen LogP contribution in [0.3, 0.4) is 0 Å². The number of ether oxygens (including phenoxy) is 1. The summed E-state index contributed by atoms with van der Waals surface area (Å²) in [5.41, 5.74) is 1.43. The SMILES string of the molecule is COC(=O)[C@H](CO)NC(=O)[C@H](Cc1ccccc1)NC(=O)[C@H](Cc1ccc(O)cc1)NC(C)=O. The lowest BCUT2D eigenvalue weighted by molar-refractivity contribution is -0.146. The number of rotatable bonds is 11. The molecule has 0 radical (unpaired) electrons. The number of phenols is 1. The Balaban J connectivity index is 2.23. The molecule has 0 unspecified atom stereocenters. The van der Waals surface area contributed by atoms with E-state index in [1.807, 2.05) is 0 Å². The number of carbonyl (C=O) groups is 4. The van der Waals surface area contributed by atoms with Gasteiger partial charge in [-0.15, -0.1) is 0 Å². The molecule has 0 aliphatic carbocycles. The van der Waals surface area contributed by atoms with Crippen molar-refractivity contribution in [1.29, 1.82) is 0 Å². The maximum atomic E-state index is 13.1. The normalized spacial score (nSPS) is 13.1. The fraction of sp³-hybridized carbons (Fsp3) is 0.333. The average molecular weight is 472 g/mol. The Morgan fingerprint density at radius 3 is 1.79 bits per heavy atom. The Morgan fingerprint density at radius 1 is 0.794 bits per heavy atom. The van der Waals surface area contributed by atoms with Gasteiger partial charge in [0.05, 0.1) is 13.7 Å². The van der Waals surface area contributed by atoms with Crippen LogP contribution in [0.4, 0.5) is 0 Å². The number of aliphatic hydroxyl groups excluding tert-OH is 1. The van der Waals surface area contributed by atoms with Gasteiger partial charge in [0, 0.05) is 19.8 Å². The first-order valence-corrected chi connectivity index (χ1v) is 10.6. The zero-order valence-electron chi connectivity index (χ0n) is 19.0. The standard InChI is InChI=1S/C24H29N3O7/c1-15(29)25-19(13-17-8-10-18(30)11-9-17)22(31)26-20(12-16-6-4-3-5-7-16)23(32)27-21(14-28)24(33)34-2/h3-11,19-21,28,30H,12-14H2,1-2H3,(H,25,29)(H,26,31)(H,27,32)/t19-,20-,21-/m0/s1. The molecule has 0 aromatic heterocycles. The van der Waals surface area contributed by atoms with Crippen LogP contribution >= 0.6 is 0 Å². The van der Waals surface area contributed by atoms with Gasteiger partial charge in [-0.1, -0.05) is 42.5 Å². The molecular formula is C24H29N3O7. The number of amides is 3. The van der Waals surface area contributed by atoms with Gasteiger partial charge < -0.3 is 30.9 Å². The van der Waals surface area contributed by atoms with Crippen molar-refractivity contribution in [2.45, 2.75) is 37.9 Å². The summed E-state index contributed by atoms with van der Waals surface area (Å²) in [6, 6.07) is 11.7. The Kier molecular flexibility index (Phi) is 10.0. The summed E-state index contributed by atoms with van der Waals surface area (Å²) in [5.74, 6) is -2.52. The molecule has 10 heteroatoms. The molecule has 5 N–H and O–H groups in total. The van der Waals surface area contributed by atoms with Crippen LogP contribution in [0.1, 0.15) is 18.1 Å². The van der Waals surface area contributed by atoms with Crippen molar-refractivity contribution in [3.05, 3.63) is 65.7 Å². The van der Waals surface area contributed by atoms with Crippen molar-refractivity contribution < 1.29 is 34.1 Å². The van der Waals surface area contributed by atoms with E-state index in [2.05, 4.69) is 20.7 Å². The van der Waals surface area contributed by atoms with Crippen LogP contribution in [-0.2, 0) is 36.8 Å². The third-order valence-corrected chi connectivity index (χ3v) is 4.97. The third-order valence-electron chi connectivity index (χ3n) is 4.97. The van der Waals surface area contributed by atoms with Crippen LogP contribution in [0.15, 0.2) is 54.6 Å². The predicted octanol–water partition coefficient (Wildman–Crippen LogP) is -0.183. The number of hydrogen-bond donors (Lipinski definition) is 5. The van der Waals surface area contributed by atoms with Crippen LogP contribution in [-0.4, -0.2) is 65.7 Å². The maximum Gasteiger partial charge on any atom is 0.330 e. The molecule has 182 valence electrons. The van der Waals surface area contributed by atoms with E-state index < -0.39 is 48.4 Å². The quantitative estimate of drug-likeness (QED) is 0.285. The van der Waals surface area contributed by atoms with Crippen LogP contribution in [0.2, 0.25) is 0 Å². The number of hydrogen-bond acceptors (Lipinski definition) is 7. The lowest BCUT2D eigenvalue weighted by Gasteiger charge is -2.24. The highest BCUT2D eigenvalue weighted by Crippen LogP contribution is 2.12. The minimum atomic E-state index is -1.30. The van der Waals surface area contributed by atoms with Crippen molar-refractivity contribution in [3.63, 3.8) is 0 Å². The van der Waals surface area contributed by atoms with E-state index in [9.17, 15) is 29.4 Å². The number of aliphatic hydroxyl groups is 1. The molecule has 2 aromatic carbocycles. The first-order chi connectivity index (χ1) is 16.2. The number of nitrogens with one attached hydrogen (secondary N) is 3. The molecule has 2 rings (SSSR count). The Bertz CT molecular complexity index is 980. The predicted molar refractivity (Wildman–Crippen MR) is 123 cm³/mol. The van der Waals surface area contributed by atoms with Crippen molar-refractivity contribution in [2.75, 3.05) is 13.7 Å². The smallest absolute Gasteiger partial charge is 0.330 e. The highest BCUT2D eigenvalue weighted by atomic mass is 16.5. The van der Waals surface area contributed by atoms with E-state index in [1.165, 1.54) is 19.1 Å². The first kappa shape index (κ1) is 26.3. The minimum absolute atomic E-state index is 0.0629. The van der Waals surface area contributed by atoms with Gasteiger partial charge in [-0.25, -0.2) is 4.79 Å². The molecule has 0 saturated carbocycles. The monoisotopic (exact) mass is 471 g/mol. The molecule has 0 heterocycles. The summed E-state index contributed by atoms with van der Waals surface area (Å²) in [5, 5.41) is 26.5. The minimum Gasteiger partial charge on any atom is -0.508 e. The molecule has 0 bridgehead atoms. The van der Waals surface area contributed by atoms with Crippen LogP contribution in [0.5, 0.6) is 5.75 Å². The molecule has 0 spiro atoms. The number of phenolic OH excluding ortho intramolecular Hbond substituents is 1. The molecule has 3 amide bonds. The van der Waals surface area contributed by atoms with Crippen LogP contribution in [0.25, 0.3) is 0 Å². The number of aromatic hydroxyl groups is 1. The summed E-state index contributed by atoms with van der Waals surface area (Å²) >= 11 is 0. The van der Waals surface area contributed by atoms with Crippen molar-refractivity contribution >= 4 is 23.7 Å². The van der Waals surface area contributed by atoms with E-state index in [4.69, 9.17) is 0 Å². The van der Waals surface area contributed by atoms with Crippen LogP contribution in [0, 0.1) is 0 Å². The highest BCUT2D eigenvalue weighted by molar-refractivity contribution is 5.93. The zero-order chi connectivity index (χ0) is 25.1. The second kappa shape index (κ2) is 12.9. The molecular weight excluding hydrogens is 442 g/mol. The summed E-state index contributed by atoms with van der Waals surface area (Å²) < 4.78 is 4.57. The van der Waals surface area contributed by atoms with Gasteiger partial charge in [0.2, 0.25) is 17.7 Å². The van der Waals surface area contributed by atoms with Gasteiger partial charge in [-0.05, 0) is 23.3 Å². The molecule has 2 aromatic rings. The zero-order valence-corrected chi connectivity index (χ0v) is 19.0. The summed E-state index contributed by atoms with van der Waals surface area (Å²) in [6.07, 6.45) is 0.219. The molecule has 10 nitrogen and oxygen atoms in total. The lowest BCUT2D eigenvalue weighted by atomic mass is 10.0. The largest absolute Gasteiger partial charge is 0.508 e. The highest BCUT2D eigenvalue weighted by Gasteiger charge is 2.29. The molecule has 0 aliphatic heterocycles. The molecule has 34 heavy (non-hydrogen) atoms. The Hall–Kier alpha value is -3.92.